The Morgan fingerprint density at radius 3 is 2.75 bits per heavy atom. The van der Waals surface area contributed by atoms with Crippen LogP contribution in [0.1, 0.15) is 24.0 Å². The van der Waals surface area contributed by atoms with Gasteiger partial charge in [0.1, 0.15) is 5.82 Å². The molecule has 1 aliphatic rings. The largest absolute Gasteiger partial charge is 0.348 e. The van der Waals surface area contributed by atoms with Crippen LogP contribution in [0, 0.1) is 5.82 Å². The van der Waals surface area contributed by atoms with E-state index in [4.69, 9.17) is 15.2 Å². The van der Waals surface area contributed by atoms with Gasteiger partial charge in [0.25, 0.3) is 0 Å². The Bertz CT molecular complexity index is 357. The summed E-state index contributed by atoms with van der Waals surface area (Å²) < 4.78 is 24.1. The van der Waals surface area contributed by atoms with Gasteiger partial charge in [-0.2, -0.15) is 0 Å². The smallest absolute Gasteiger partial charge is 0.158 e. The first kappa shape index (κ1) is 11.5. The molecule has 0 aliphatic carbocycles. The van der Waals surface area contributed by atoms with E-state index in [1.807, 2.05) is 0 Å². The number of hydrogen-bond acceptors (Lipinski definition) is 3. The Balaban J connectivity index is 2.01. The molecule has 0 amide bonds. The van der Waals surface area contributed by atoms with Gasteiger partial charge < -0.3 is 15.2 Å². The highest BCUT2D eigenvalue weighted by Gasteiger charge is 2.16. The summed E-state index contributed by atoms with van der Waals surface area (Å²) >= 11 is 0. The lowest BCUT2D eigenvalue weighted by Gasteiger charge is -2.14. The van der Waals surface area contributed by atoms with Crippen molar-refractivity contribution in [2.75, 3.05) is 6.54 Å². The van der Waals surface area contributed by atoms with Crippen molar-refractivity contribution in [1.82, 2.24) is 0 Å². The van der Waals surface area contributed by atoms with Crippen LogP contribution in [0.3, 0.4) is 0 Å². The molecule has 0 spiro atoms. The Morgan fingerprint density at radius 1 is 1.25 bits per heavy atom. The van der Waals surface area contributed by atoms with Crippen molar-refractivity contribution in [3.8, 4) is 0 Å². The topological polar surface area (TPSA) is 44.5 Å². The lowest BCUT2D eigenvalue weighted by atomic mass is 10.1. The molecule has 1 atom stereocenters. The molecule has 88 valence electrons. The van der Waals surface area contributed by atoms with Gasteiger partial charge in [0.05, 0.1) is 13.2 Å². The van der Waals surface area contributed by atoms with E-state index in [9.17, 15) is 4.39 Å². The monoisotopic (exact) mass is 225 g/mol. The number of hydrogen-bond donors (Lipinski definition) is 1. The fourth-order valence-corrected chi connectivity index (χ4v) is 1.73. The van der Waals surface area contributed by atoms with E-state index in [1.54, 1.807) is 6.07 Å². The third kappa shape index (κ3) is 2.78. The lowest BCUT2D eigenvalue weighted by molar-refractivity contribution is -0.152. The van der Waals surface area contributed by atoms with Gasteiger partial charge in [0.15, 0.2) is 6.29 Å². The molecule has 4 heteroatoms. The van der Waals surface area contributed by atoms with Gasteiger partial charge in [-0.25, -0.2) is 4.39 Å². The lowest BCUT2D eigenvalue weighted by Crippen LogP contribution is -2.16. The van der Waals surface area contributed by atoms with Crippen molar-refractivity contribution >= 4 is 0 Å². The van der Waals surface area contributed by atoms with Crippen LogP contribution in [0.2, 0.25) is 0 Å². The number of fused-ring (bicyclic) bond motifs is 1. The summed E-state index contributed by atoms with van der Waals surface area (Å²) in [5.74, 6) is -0.234. The predicted octanol–water partition coefficient (Wildman–Crippen LogP) is 1.94. The average Bonchev–Trinajstić information content (AvgIpc) is 2.48. The van der Waals surface area contributed by atoms with Crippen molar-refractivity contribution in [2.45, 2.75) is 32.3 Å². The van der Waals surface area contributed by atoms with Gasteiger partial charge in [-0.1, -0.05) is 6.07 Å². The molecule has 2 rings (SSSR count). The molecule has 0 fully saturated rings. The Morgan fingerprint density at radius 2 is 2.00 bits per heavy atom. The molecule has 1 aliphatic heterocycles. The normalized spacial score (nSPS) is 20.2. The number of halogens is 1. The van der Waals surface area contributed by atoms with Crippen LogP contribution < -0.4 is 5.73 Å². The van der Waals surface area contributed by atoms with Gasteiger partial charge in [0.2, 0.25) is 0 Å². The second-order valence-corrected chi connectivity index (χ2v) is 3.90. The molecule has 3 nitrogen and oxygen atoms in total. The van der Waals surface area contributed by atoms with Crippen LogP contribution in [0.5, 0.6) is 0 Å². The van der Waals surface area contributed by atoms with Crippen LogP contribution in [0.25, 0.3) is 0 Å². The molecule has 0 bridgehead atoms. The quantitative estimate of drug-likeness (QED) is 0.855. The van der Waals surface area contributed by atoms with Crippen molar-refractivity contribution in [3.63, 3.8) is 0 Å². The molecule has 1 heterocycles. The Kier molecular flexibility index (Phi) is 3.88. The molecular formula is C12H16FNO2. The number of benzene rings is 1. The second kappa shape index (κ2) is 5.39. The summed E-state index contributed by atoms with van der Waals surface area (Å²) in [7, 11) is 0. The molecule has 16 heavy (non-hydrogen) atoms. The highest BCUT2D eigenvalue weighted by atomic mass is 19.1. The third-order valence-electron chi connectivity index (χ3n) is 2.66. The minimum absolute atomic E-state index is 0.223. The van der Waals surface area contributed by atoms with Crippen LogP contribution in [0.15, 0.2) is 18.2 Å². The Labute approximate surface area is 94.3 Å². The molecule has 1 aromatic carbocycles. The minimum Gasteiger partial charge on any atom is -0.348 e. The van der Waals surface area contributed by atoms with Gasteiger partial charge in [0, 0.05) is 0 Å². The van der Waals surface area contributed by atoms with Gasteiger partial charge in [-0.3, -0.25) is 0 Å². The highest BCUT2D eigenvalue weighted by Crippen LogP contribution is 2.21. The molecule has 1 unspecified atom stereocenters. The van der Waals surface area contributed by atoms with E-state index in [2.05, 4.69) is 0 Å². The van der Waals surface area contributed by atoms with Crippen molar-refractivity contribution in [1.29, 1.82) is 0 Å². The summed E-state index contributed by atoms with van der Waals surface area (Å²) in [6.07, 6.45) is 1.43. The highest BCUT2D eigenvalue weighted by molar-refractivity contribution is 5.27. The van der Waals surface area contributed by atoms with Gasteiger partial charge >= 0.3 is 0 Å². The standard InChI is InChI=1S/C12H16FNO2/c13-11-4-3-9-7-15-12(2-1-5-14)16-8-10(9)6-11/h3-4,6,12H,1-2,5,7-8,14H2. The zero-order chi connectivity index (χ0) is 11.4. The van der Waals surface area contributed by atoms with E-state index in [0.29, 0.717) is 19.8 Å². The van der Waals surface area contributed by atoms with Crippen molar-refractivity contribution < 1.29 is 13.9 Å². The zero-order valence-electron chi connectivity index (χ0n) is 9.12. The molecule has 0 saturated carbocycles. The molecule has 0 radical (unpaired) electrons. The van der Waals surface area contributed by atoms with E-state index in [1.165, 1.54) is 12.1 Å². The summed E-state index contributed by atoms with van der Waals surface area (Å²) in [6.45, 7) is 1.51. The van der Waals surface area contributed by atoms with E-state index >= 15 is 0 Å². The van der Waals surface area contributed by atoms with E-state index in [-0.39, 0.29) is 12.1 Å². The van der Waals surface area contributed by atoms with Crippen molar-refractivity contribution in [3.05, 3.63) is 35.1 Å². The first-order valence-electron chi connectivity index (χ1n) is 5.50. The second-order valence-electron chi connectivity index (χ2n) is 3.90. The van der Waals surface area contributed by atoms with Crippen molar-refractivity contribution in [2.24, 2.45) is 5.73 Å². The van der Waals surface area contributed by atoms with Crippen LogP contribution in [0.4, 0.5) is 4.39 Å². The third-order valence-corrected chi connectivity index (χ3v) is 2.66. The maximum absolute atomic E-state index is 13.0. The first-order valence-corrected chi connectivity index (χ1v) is 5.50. The molecule has 0 saturated heterocycles. The number of rotatable bonds is 3. The molecule has 0 aromatic heterocycles. The maximum Gasteiger partial charge on any atom is 0.158 e. The van der Waals surface area contributed by atoms with E-state index in [0.717, 1.165) is 24.0 Å². The fraction of sp³-hybridized carbons (Fsp3) is 0.500. The first-order chi connectivity index (χ1) is 7.79. The molecule has 2 N–H and O–H groups in total. The predicted molar refractivity (Wildman–Crippen MR) is 58.1 cm³/mol. The maximum atomic E-state index is 13.0. The number of nitrogens with two attached hydrogens (primary N) is 1. The SMILES string of the molecule is NCCCC1OCc2ccc(F)cc2CO1. The summed E-state index contributed by atoms with van der Waals surface area (Å²) in [5.41, 5.74) is 7.30. The summed E-state index contributed by atoms with van der Waals surface area (Å²) in [6, 6.07) is 4.70. The summed E-state index contributed by atoms with van der Waals surface area (Å²) in [5, 5.41) is 0. The number of ether oxygens (including phenoxy) is 2. The molecule has 1 aromatic rings. The van der Waals surface area contributed by atoms with Gasteiger partial charge in [-0.05, 0) is 42.6 Å². The van der Waals surface area contributed by atoms with Crippen LogP contribution in [-0.2, 0) is 22.7 Å². The fourth-order valence-electron chi connectivity index (χ4n) is 1.73. The van der Waals surface area contributed by atoms with E-state index < -0.39 is 0 Å². The average molecular weight is 225 g/mol. The van der Waals surface area contributed by atoms with Crippen LogP contribution >= 0.6 is 0 Å². The zero-order valence-corrected chi connectivity index (χ0v) is 9.12. The van der Waals surface area contributed by atoms with Gasteiger partial charge in [-0.15, -0.1) is 0 Å². The minimum atomic E-state index is -0.234. The Hall–Kier alpha value is -0.970. The van der Waals surface area contributed by atoms with Crippen LogP contribution in [-0.4, -0.2) is 12.8 Å². The summed E-state index contributed by atoms with van der Waals surface area (Å²) in [4.78, 5) is 0. The molecular weight excluding hydrogens is 209 g/mol.